The Kier molecular flexibility index (Phi) is 3.96. The maximum atomic E-state index is 13.3. The molecule has 0 unspecified atom stereocenters. The summed E-state index contributed by atoms with van der Waals surface area (Å²) in [5.41, 5.74) is 1.18. The van der Waals surface area contributed by atoms with Crippen LogP contribution in [0.3, 0.4) is 0 Å². The number of rotatable bonds is 3. The van der Waals surface area contributed by atoms with E-state index in [1.807, 2.05) is 6.07 Å². The molecule has 3 rings (SSSR count). The van der Waals surface area contributed by atoms with Crippen molar-refractivity contribution in [3.05, 3.63) is 70.9 Å². The van der Waals surface area contributed by atoms with E-state index in [1.54, 1.807) is 24.3 Å². The smallest absolute Gasteiger partial charge is 0.160 e. The highest BCUT2D eigenvalue weighted by atomic mass is 35.5. The summed E-state index contributed by atoms with van der Waals surface area (Å²) in [7, 11) is 0. The van der Waals surface area contributed by atoms with Crippen LogP contribution in [0.5, 0.6) is 0 Å². The van der Waals surface area contributed by atoms with Gasteiger partial charge in [0.25, 0.3) is 0 Å². The van der Waals surface area contributed by atoms with Crippen LogP contribution in [-0.2, 0) is 0 Å². The molecular weight excluding hydrogens is 322 g/mol. The molecule has 0 aliphatic rings. The predicted molar refractivity (Wildman–Crippen MR) is 82.9 cm³/mol. The molecule has 7 heteroatoms. The Hall–Kier alpha value is -2.91. The Bertz CT molecular complexity index is 915. The van der Waals surface area contributed by atoms with Crippen molar-refractivity contribution in [3.8, 4) is 11.8 Å². The fourth-order valence-electron chi connectivity index (χ4n) is 2.06. The second-order valence-electron chi connectivity index (χ2n) is 4.66. The summed E-state index contributed by atoms with van der Waals surface area (Å²) >= 11 is 5.97. The van der Waals surface area contributed by atoms with Gasteiger partial charge in [-0.3, -0.25) is 0 Å². The normalized spacial score (nSPS) is 10.3. The molecular formula is C16H9ClF2N4. The first-order valence-corrected chi connectivity index (χ1v) is 6.92. The van der Waals surface area contributed by atoms with Crippen LogP contribution in [0.4, 0.5) is 20.3 Å². The molecule has 1 heterocycles. The molecule has 2 aromatic carbocycles. The number of nitrogens with zero attached hydrogens (tertiary/aromatic N) is 3. The number of nitriles is 1. The summed E-state index contributed by atoms with van der Waals surface area (Å²) in [6, 6.07) is 12.3. The summed E-state index contributed by atoms with van der Waals surface area (Å²) in [4.78, 5) is 0. The standard InChI is InChI=1S/C16H9ClF2N4/c17-11-2-1-3-13(6-11)23-16(10(8-20)9-21-23)22-12-4-5-14(18)15(19)7-12/h1-7,9,22H. The SMILES string of the molecule is N#Cc1cnn(-c2cccc(Cl)c2)c1Nc1ccc(F)c(F)c1. The van der Waals surface area contributed by atoms with Crippen molar-refractivity contribution < 1.29 is 8.78 Å². The Balaban J connectivity index is 2.06. The molecule has 4 nitrogen and oxygen atoms in total. The Morgan fingerprint density at radius 2 is 1.96 bits per heavy atom. The minimum atomic E-state index is -0.984. The van der Waals surface area contributed by atoms with Crippen LogP contribution in [0.25, 0.3) is 5.69 Å². The lowest BCUT2D eigenvalue weighted by atomic mass is 10.2. The fourth-order valence-corrected chi connectivity index (χ4v) is 2.25. The Morgan fingerprint density at radius 3 is 2.65 bits per heavy atom. The maximum Gasteiger partial charge on any atom is 0.160 e. The summed E-state index contributed by atoms with van der Waals surface area (Å²) in [5, 5.41) is 16.7. The van der Waals surface area contributed by atoms with Gasteiger partial charge < -0.3 is 5.32 Å². The molecule has 114 valence electrons. The van der Waals surface area contributed by atoms with Gasteiger partial charge in [-0.05, 0) is 30.3 Å². The number of anilines is 2. The zero-order valence-corrected chi connectivity index (χ0v) is 12.4. The van der Waals surface area contributed by atoms with Crippen LogP contribution in [0.15, 0.2) is 48.7 Å². The molecule has 0 bridgehead atoms. The first kappa shape index (κ1) is 15.0. The highest BCUT2D eigenvalue weighted by Crippen LogP contribution is 2.26. The molecule has 1 aromatic heterocycles. The van der Waals surface area contributed by atoms with Gasteiger partial charge in [-0.15, -0.1) is 0 Å². The van der Waals surface area contributed by atoms with E-state index in [0.717, 1.165) is 12.1 Å². The Labute approximate surface area is 135 Å². The average molecular weight is 331 g/mol. The van der Waals surface area contributed by atoms with Crippen molar-refractivity contribution in [2.45, 2.75) is 0 Å². The lowest BCUT2D eigenvalue weighted by Gasteiger charge is -2.11. The quantitative estimate of drug-likeness (QED) is 0.773. The largest absolute Gasteiger partial charge is 0.339 e. The van der Waals surface area contributed by atoms with Crippen molar-refractivity contribution in [2.75, 3.05) is 5.32 Å². The van der Waals surface area contributed by atoms with Gasteiger partial charge >= 0.3 is 0 Å². The number of nitrogens with one attached hydrogen (secondary N) is 1. The summed E-state index contributed by atoms with van der Waals surface area (Å²) in [6.07, 6.45) is 1.38. The molecule has 0 saturated carbocycles. The highest BCUT2D eigenvalue weighted by molar-refractivity contribution is 6.30. The molecule has 0 spiro atoms. The third-order valence-corrected chi connectivity index (χ3v) is 3.36. The van der Waals surface area contributed by atoms with Gasteiger partial charge in [0.1, 0.15) is 11.6 Å². The molecule has 0 saturated heterocycles. The summed E-state index contributed by atoms with van der Waals surface area (Å²) in [5.74, 6) is -1.59. The van der Waals surface area contributed by atoms with E-state index in [1.165, 1.54) is 16.9 Å². The van der Waals surface area contributed by atoms with E-state index in [9.17, 15) is 14.0 Å². The lowest BCUT2D eigenvalue weighted by Crippen LogP contribution is -2.04. The van der Waals surface area contributed by atoms with Crippen LogP contribution in [0.2, 0.25) is 5.02 Å². The fraction of sp³-hybridized carbons (Fsp3) is 0. The topological polar surface area (TPSA) is 53.6 Å². The Morgan fingerprint density at radius 1 is 1.13 bits per heavy atom. The second-order valence-corrected chi connectivity index (χ2v) is 5.10. The molecule has 3 aromatic rings. The van der Waals surface area contributed by atoms with E-state index < -0.39 is 11.6 Å². The van der Waals surface area contributed by atoms with Crippen molar-refractivity contribution in [1.29, 1.82) is 5.26 Å². The predicted octanol–water partition coefficient (Wildman–Crippen LogP) is 4.42. The number of benzene rings is 2. The molecule has 0 radical (unpaired) electrons. The van der Waals surface area contributed by atoms with Gasteiger partial charge in [0.15, 0.2) is 17.5 Å². The molecule has 0 fully saturated rings. The van der Waals surface area contributed by atoms with E-state index in [-0.39, 0.29) is 5.56 Å². The number of hydrogen-bond donors (Lipinski definition) is 1. The molecule has 23 heavy (non-hydrogen) atoms. The van der Waals surface area contributed by atoms with Crippen LogP contribution >= 0.6 is 11.6 Å². The van der Waals surface area contributed by atoms with Gasteiger partial charge in [-0.2, -0.15) is 10.4 Å². The van der Waals surface area contributed by atoms with Gasteiger partial charge in [0.05, 0.1) is 11.9 Å². The molecule has 0 aliphatic carbocycles. The minimum absolute atomic E-state index is 0.259. The summed E-state index contributed by atoms with van der Waals surface area (Å²) in [6.45, 7) is 0. The first-order chi connectivity index (χ1) is 11.1. The molecule has 0 amide bonds. The van der Waals surface area contributed by atoms with Crippen LogP contribution in [0, 0.1) is 23.0 Å². The van der Waals surface area contributed by atoms with E-state index in [4.69, 9.17) is 11.6 Å². The number of hydrogen-bond acceptors (Lipinski definition) is 3. The van der Waals surface area contributed by atoms with Crippen LogP contribution in [0.1, 0.15) is 5.56 Å². The summed E-state index contributed by atoms with van der Waals surface area (Å²) < 4.78 is 27.8. The van der Waals surface area contributed by atoms with Gasteiger partial charge in [0.2, 0.25) is 0 Å². The van der Waals surface area contributed by atoms with Crippen LogP contribution in [-0.4, -0.2) is 9.78 Å². The van der Waals surface area contributed by atoms with Crippen molar-refractivity contribution >= 4 is 23.1 Å². The van der Waals surface area contributed by atoms with Crippen molar-refractivity contribution in [1.82, 2.24) is 9.78 Å². The van der Waals surface area contributed by atoms with E-state index in [0.29, 0.717) is 22.2 Å². The van der Waals surface area contributed by atoms with E-state index in [2.05, 4.69) is 10.4 Å². The van der Waals surface area contributed by atoms with Gasteiger partial charge in [-0.1, -0.05) is 17.7 Å². The average Bonchev–Trinajstić information content (AvgIpc) is 2.93. The van der Waals surface area contributed by atoms with Crippen molar-refractivity contribution in [2.24, 2.45) is 0 Å². The monoisotopic (exact) mass is 330 g/mol. The minimum Gasteiger partial charge on any atom is -0.339 e. The second kappa shape index (κ2) is 6.07. The van der Waals surface area contributed by atoms with Crippen molar-refractivity contribution in [3.63, 3.8) is 0 Å². The van der Waals surface area contributed by atoms with Crippen LogP contribution < -0.4 is 5.32 Å². The van der Waals surface area contributed by atoms with E-state index >= 15 is 0 Å². The highest BCUT2D eigenvalue weighted by Gasteiger charge is 2.13. The lowest BCUT2D eigenvalue weighted by molar-refractivity contribution is 0.509. The number of aromatic nitrogens is 2. The van der Waals surface area contributed by atoms with Gasteiger partial charge in [-0.25, -0.2) is 13.5 Å². The molecule has 1 N–H and O–H groups in total. The third kappa shape index (κ3) is 3.00. The zero-order chi connectivity index (χ0) is 16.4. The molecule has 0 atom stereocenters. The zero-order valence-electron chi connectivity index (χ0n) is 11.6. The third-order valence-electron chi connectivity index (χ3n) is 3.12. The van der Waals surface area contributed by atoms with Gasteiger partial charge in [0, 0.05) is 16.8 Å². The first-order valence-electron chi connectivity index (χ1n) is 6.54. The molecule has 0 aliphatic heterocycles. The maximum absolute atomic E-state index is 13.3. The number of halogens is 3.